The maximum Gasteiger partial charge on any atom is 0.124 e. The molecule has 0 fully saturated rings. The van der Waals surface area contributed by atoms with Crippen LogP contribution in [0.2, 0.25) is 0 Å². The summed E-state index contributed by atoms with van der Waals surface area (Å²) in [4.78, 5) is 4.13. The summed E-state index contributed by atoms with van der Waals surface area (Å²) >= 11 is 0. The van der Waals surface area contributed by atoms with E-state index in [-0.39, 0.29) is 0 Å². The minimum atomic E-state index is 0.527. The van der Waals surface area contributed by atoms with E-state index in [0.29, 0.717) is 6.61 Å². The Morgan fingerprint density at radius 3 is 2.69 bits per heavy atom. The first-order valence-corrected chi connectivity index (χ1v) is 8.94. The number of hydrogen-bond donors (Lipinski definition) is 1. The summed E-state index contributed by atoms with van der Waals surface area (Å²) < 4.78 is 7.94. The summed E-state index contributed by atoms with van der Waals surface area (Å²) in [6.07, 6.45) is 4.58. The van der Waals surface area contributed by atoms with Gasteiger partial charge in [-0.15, -0.1) is 0 Å². The van der Waals surface area contributed by atoms with Crippen molar-refractivity contribution in [3.05, 3.63) is 76.9 Å². The molecule has 2 aromatic heterocycles. The SMILES string of the molecule is Cc1nn(C)c(C)c1CCNCc1ccccc1OCc1cccnc1. The third-order valence-electron chi connectivity index (χ3n) is 4.62. The number of ether oxygens (including phenoxy) is 1. The lowest BCUT2D eigenvalue weighted by Gasteiger charge is -2.12. The molecule has 0 amide bonds. The van der Waals surface area contributed by atoms with E-state index >= 15 is 0 Å². The van der Waals surface area contributed by atoms with Crippen LogP contribution < -0.4 is 10.1 Å². The van der Waals surface area contributed by atoms with Gasteiger partial charge in [-0.2, -0.15) is 5.10 Å². The highest BCUT2D eigenvalue weighted by atomic mass is 16.5. The summed E-state index contributed by atoms with van der Waals surface area (Å²) in [5.41, 5.74) is 5.92. The molecule has 0 unspecified atom stereocenters. The van der Waals surface area contributed by atoms with Crippen molar-refractivity contribution in [1.82, 2.24) is 20.1 Å². The van der Waals surface area contributed by atoms with E-state index in [1.807, 2.05) is 48.3 Å². The highest BCUT2D eigenvalue weighted by Crippen LogP contribution is 2.19. The number of benzene rings is 1. The molecule has 3 rings (SSSR count). The Balaban J connectivity index is 1.53. The largest absolute Gasteiger partial charge is 0.489 e. The Morgan fingerprint density at radius 2 is 1.96 bits per heavy atom. The van der Waals surface area contributed by atoms with Crippen LogP contribution in [-0.4, -0.2) is 21.3 Å². The number of nitrogens with zero attached hydrogens (tertiary/aromatic N) is 3. The van der Waals surface area contributed by atoms with Gasteiger partial charge in [0.15, 0.2) is 0 Å². The van der Waals surface area contributed by atoms with Crippen molar-refractivity contribution in [2.75, 3.05) is 6.54 Å². The van der Waals surface area contributed by atoms with Gasteiger partial charge in [0.05, 0.1) is 5.69 Å². The van der Waals surface area contributed by atoms with Crippen molar-refractivity contribution in [3.8, 4) is 5.75 Å². The van der Waals surface area contributed by atoms with Crippen molar-refractivity contribution < 1.29 is 4.74 Å². The van der Waals surface area contributed by atoms with Crippen molar-refractivity contribution in [2.24, 2.45) is 7.05 Å². The second-order valence-electron chi connectivity index (χ2n) is 6.46. The topological polar surface area (TPSA) is 52.0 Å². The molecule has 26 heavy (non-hydrogen) atoms. The molecule has 0 aliphatic rings. The van der Waals surface area contributed by atoms with Crippen molar-refractivity contribution in [2.45, 2.75) is 33.4 Å². The zero-order valence-electron chi connectivity index (χ0n) is 15.7. The Labute approximate surface area is 155 Å². The Bertz CT molecular complexity index is 842. The number of para-hydroxylation sites is 1. The summed E-state index contributed by atoms with van der Waals surface area (Å²) in [6, 6.07) is 12.1. The van der Waals surface area contributed by atoms with E-state index in [4.69, 9.17) is 4.74 Å². The van der Waals surface area contributed by atoms with Gasteiger partial charge in [-0.25, -0.2) is 0 Å². The predicted molar refractivity (Wildman–Crippen MR) is 103 cm³/mol. The highest BCUT2D eigenvalue weighted by Gasteiger charge is 2.09. The van der Waals surface area contributed by atoms with E-state index in [2.05, 4.69) is 35.3 Å². The van der Waals surface area contributed by atoms with Gasteiger partial charge >= 0.3 is 0 Å². The average Bonchev–Trinajstić information content (AvgIpc) is 2.91. The highest BCUT2D eigenvalue weighted by molar-refractivity contribution is 5.33. The van der Waals surface area contributed by atoms with Crippen molar-refractivity contribution in [3.63, 3.8) is 0 Å². The lowest BCUT2D eigenvalue weighted by molar-refractivity contribution is 0.301. The molecule has 0 atom stereocenters. The fourth-order valence-electron chi connectivity index (χ4n) is 3.05. The van der Waals surface area contributed by atoms with Crippen molar-refractivity contribution >= 4 is 0 Å². The molecule has 0 saturated carbocycles. The van der Waals surface area contributed by atoms with Gasteiger partial charge in [0, 0.05) is 42.8 Å². The number of aromatic nitrogens is 3. The minimum absolute atomic E-state index is 0.527. The molecule has 5 nitrogen and oxygen atoms in total. The molecule has 136 valence electrons. The summed E-state index contributed by atoms with van der Waals surface area (Å²) in [5.74, 6) is 0.914. The number of aryl methyl sites for hydroxylation is 2. The van der Waals surface area contributed by atoms with Crippen molar-refractivity contribution in [1.29, 1.82) is 0 Å². The third kappa shape index (κ3) is 4.49. The number of pyridine rings is 1. The summed E-state index contributed by atoms with van der Waals surface area (Å²) in [6.45, 7) is 6.41. The van der Waals surface area contributed by atoms with Crippen LogP contribution in [0.15, 0.2) is 48.8 Å². The monoisotopic (exact) mass is 350 g/mol. The van der Waals surface area contributed by atoms with Gasteiger partial charge < -0.3 is 10.1 Å². The number of rotatable bonds is 8. The van der Waals surface area contributed by atoms with E-state index in [1.165, 1.54) is 11.3 Å². The normalized spacial score (nSPS) is 10.9. The average molecular weight is 350 g/mol. The Morgan fingerprint density at radius 1 is 1.12 bits per heavy atom. The summed E-state index contributed by atoms with van der Waals surface area (Å²) in [5, 5.41) is 8.00. The van der Waals surface area contributed by atoms with Crippen LogP contribution in [0, 0.1) is 13.8 Å². The van der Waals surface area contributed by atoms with Crippen LogP contribution in [-0.2, 0) is 26.6 Å². The molecule has 0 bridgehead atoms. The van der Waals surface area contributed by atoms with Crippen LogP contribution in [0.1, 0.15) is 28.1 Å². The van der Waals surface area contributed by atoms with Crippen LogP contribution in [0.4, 0.5) is 0 Å². The molecule has 1 aromatic carbocycles. The molecule has 0 aliphatic heterocycles. The molecule has 1 N–H and O–H groups in total. The fraction of sp³-hybridized carbons (Fsp3) is 0.333. The predicted octanol–water partition coefficient (Wildman–Crippen LogP) is 3.34. The molecule has 0 aliphatic carbocycles. The van der Waals surface area contributed by atoms with E-state index < -0.39 is 0 Å². The van der Waals surface area contributed by atoms with Gasteiger partial charge in [0.2, 0.25) is 0 Å². The van der Waals surface area contributed by atoms with Gasteiger partial charge in [0.25, 0.3) is 0 Å². The first kappa shape index (κ1) is 18.1. The zero-order chi connectivity index (χ0) is 18.4. The van der Waals surface area contributed by atoms with Gasteiger partial charge in [-0.1, -0.05) is 24.3 Å². The van der Waals surface area contributed by atoms with Crippen LogP contribution >= 0.6 is 0 Å². The quantitative estimate of drug-likeness (QED) is 0.633. The number of hydrogen-bond acceptors (Lipinski definition) is 4. The first-order chi connectivity index (χ1) is 12.6. The van der Waals surface area contributed by atoms with E-state index in [9.17, 15) is 0 Å². The molecular weight excluding hydrogens is 324 g/mol. The smallest absolute Gasteiger partial charge is 0.124 e. The second kappa shape index (κ2) is 8.63. The molecule has 0 saturated heterocycles. The van der Waals surface area contributed by atoms with E-state index in [1.54, 1.807) is 6.20 Å². The Hall–Kier alpha value is -2.66. The third-order valence-corrected chi connectivity index (χ3v) is 4.62. The molecule has 2 heterocycles. The van der Waals surface area contributed by atoms with Crippen LogP contribution in [0.25, 0.3) is 0 Å². The number of nitrogens with one attached hydrogen (secondary N) is 1. The lowest BCUT2D eigenvalue weighted by Crippen LogP contribution is -2.18. The molecule has 5 heteroatoms. The zero-order valence-corrected chi connectivity index (χ0v) is 15.7. The Kier molecular flexibility index (Phi) is 6.02. The van der Waals surface area contributed by atoms with E-state index in [0.717, 1.165) is 42.1 Å². The molecular formula is C21H26N4O. The molecule has 0 radical (unpaired) electrons. The first-order valence-electron chi connectivity index (χ1n) is 8.94. The summed E-state index contributed by atoms with van der Waals surface area (Å²) in [7, 11) is 2.00. The standard InChI is InChI=1S/C21H26N4O/c1-16-20(17(2)25(3)24-16)10-12-23-14-19-8-4-5-9-21(19)26-15-18-7-6-11-22-13-18/h4-9,11,13,23H,10,12,14-15H2,1-3H3. The fourth-order valence-corrected chi connectivity index (χ4v) is 3.05. The minimum Gasteiger partial charge on any atom is -0.489 e. The molecule has 3 aromatic rings. The van der Waals surface area contributed by atoms with Gasteiger partial charge in [-0.05, 0) is 44.5 Å². The van der Waals surface area contributed by atoms with Gasteiger partial charge in [0.1, 0.15) is 12.4 Å². The van der Waals surface area contributed by atoms with Gasteiger partial charge in [-0.3, -0.25) is 9.67 Å². The molecule has 0 spiro atoms. The second-order valence-corrected chi connectivity index (χ2v) is 6.46. The van der Waals surface area contributed by atoms with Crippen LogP contribution in [0.3, 0.4) is 0 Å². The lowest BCUT2D eigenvalue weighted by atomic mass is 10.1. The van der Waals surface area contributed by atoms with Crippen LogP contribution in [0.5, 0.6) is 5.75 Å². The maximum atomic E-state index is 5.99. The maximum absolute atomic E-state index is 5.99.